The van der Waals surface area contributed by atoms with Crippen molar-refractivity contribution in [1.82, 2.24) is 4.98 Å². The van der Waals surface area contributed by atoms with Gasteiger partial charge in [-0.3, -0.25) is 4.79 Å². The van der Waals surface area contributed by atoms with Crippen molar-refractivity contribution in [3.05, 3.63) is 17.3 Å². The first-order valence-electron chi connectivity index (χ1n) is 8.09. The number of nitrogen functional groups attached to an aromatic ring is 1. The second kappa shape index (κ2) is 9.35. The maximum atomic E-state index is 9.90. The number of carboxylic acids is 1. The fraction of sp³-hybridized carbons (Fsp3) is 0.647. The zero-order chi connectivity index (χ0) is 17.4. The van der Waals surface area contributed by atoms with Crippen molar-refractivity contribution in [2.45, 2.75) is 40.5 Å². The van der Waals surface area contributed by atoms with Crippen molar-refractivity contribution >= 4 is 17.5 Å². The van der Waals surface area contributed by atoms with Crippen molar-refractivity contribution in [3.63, 3.8) is 0 Å². The molecular formula is C17H29N3O3. The van der Waals surface area contributed by atoms with E-state index >= 15 is 0 Å². The lowest BCUT2D eigenvalue weighted by Crippen LogP contribution is -2.36. The van der Waals surface area contributed by atoms with Crippen LogP contribution in [0.4, 0.5) is 11.5 Å². The van der Waals surface area contributed by atoms with Gasteiger partial charge in [-0.25, -0.2) is 4.98 Å². The zero-order valence-corrected chi connectivity index (χ0v) is 14.6. The van der Waals surface area contributed by atoms with Gasteiger partial charge in [-0.05, 0) is 37.8 Å². The summed E-state index contributed by atoms with van der Waals surface area (Å²) in [6, 6.07) is 2.05. The Morgan fingerprint density at radius 2 is 2.00 bits per heavy atom. The van der Waals surface area contributed by atoms with Crippen molar-refractivity contribution in [3.8, 4) is 0 Å². The fourth-order valence-electron chi connectivity index (χ4n) is 2.19. The standard InChI is InChI=1S/C11H17N3O.C6H12O2/c1-8-7-10(13-9(2)11(8)12)14-3-5-15-6-4-14;1-5(2)3-4-6(7)8/h7H,3-6,12H2,1-2H3;5H,3-4H2,1-2H3,(H,7,8). The largest absolute Gasteiger partial charge is 0.481 e. The molecule has 6 heteroatoms. The average Bonchev–Trinajstić information content (AvgIpc) is 2.51. The Balaban J connectivity index is 0.000000284. The van der Waals surface area contributed by atoms with Gasteiger partial charge in [-0.2, -0.15) is 0 Å². The molecule has 0 bridgehead atoms. The monoisotopic (exact) mass is 323 g/mol. The highest BCUT2D eigenvalue weighted by atomic mass is 16.5. The van der Waals surface area contributed by atoms with Crippen LogP contribution in [0.1, 0.15) is 37.9 Å². The lowest BCUT2D eigenvalue weighted by Gasteiger charge is -2.28. The Morgan fingerprint density at radius 1 is 1.39 bits per heavy atom. The second-order valence-electron chi connectivity index (χ2n) is 6.22. The van der Waals surface area contributed by atoms with Gasteiger partial charge in [0.15, 0.2) is 0 Å². The molecular weight excluding hydrogens is 294 g/mol. The molecule has 0 atom stereocenters. The quantitative estimate of drug-likeness (QED) is 0.885. The molecule has 1 aromatic heterocycles. The van der Waals surface area contributed by atoms with Crippen molar-refractivity contribution in [1.29, 1.82) is 0 Å². The summed E-state index contributed by atoms with van der Waals surface area (Å²) in [5.41, 5.74) is 8.69. The number of morpholine rings is 1. The first-order chi connectivity index (χ1) is 10.8. The molecule has 0 aromatic carbocycles. The van der Waals surface area contributed by atoms with Crippen LogP contribution in [-0.2, 0) is 9.53 Å². The van der Waals surface area contributed by atoms with E-state index in [2.05, 4.69) is 9.88 Å². The molecule has 1 aromatic rings. The van der Waals surface area contributed by atoms with Gasteiger partial charge in [-0.1, -0.05) is 13.8 Å². The van der Waals surface area contributed by atoms with Crippen molar-refractivity contribution < 1.29 is 14.6 Å². The summed E-state index contributed by atoms with van der Waals surface area (Å²) in [7, 11) is 0. The number of hydrogen-bond acceptors (Lipinski definition) is 5. The van der Waals surface area contributed by atoms with Gasteiger partial charge in [0.2, 0.25) is 0 Å². The highest BCUT2D eigenvalue weighted by Gasteiger charge is 2.14. The molecule has 2 rings (SSSR count). The van der Waals surface area contributed by atoms with E-state index in [-0.39, 0.29) is 0 Å². The molecule has 0 aliphatic carbocycles. The van der Waals surface area contributed by atoms with Crippen LogP contribution in [0.25, 0.3) is 0 Å². The van der Waals surface area contributed by atoms with Gasteiger partial charge in [0, 0.05) is 19.5 Å². The van der Waals surface area contributed by atoms with E-state index < -0.39 is 5.97 Å². The maximum absolute atomic E-state index is 9.90. The molecule has 0 radical (unpaired) electrons. The Kier molecular flexibility index (Phi) is 7.81. The number of carboxylic acid groups (broad SMARTS) is 1. The molecule has 0 spiro atoms. The van der Waals surface area contributed by atoms with Crippen LogP contribution in [0.2, 0.25) is 0 Å². The van der Waals surface area contributed by atoms with Crippen molar-refractivity contribution in [2.75, 3.05) is 36.9 Å². The molecule has 23 heavy (non-hydrogen) atoms. The summed E-state index contributed by atoms with van der Waals surface area (Å²) >= 11 is 0. The summed E-state index contributed by atoms with van der Waals surface area (Å²) in [6.45, 7) is 11.4. The molecule has 0 unspecified atom stereocenters. The SMILES string of the molecule is CC(C)CCC(=O)O.Cc1cc(N2CCOCC2)nc(C)c1N. The molecule has 0 amide bonds. The smallest absolute Gasteiger partial charge is 0.303 e. The Bertz CT molecular complexity index is 489. The van der Waals surface area contributed by atoms with Gasteiger partial charge in [0.1, 0.15) is 5.82 Å². The van der Waals surface area contributed by atoms with E-state index in [9.17, 15) is 4.79 Å². The number of aliphatic carboxylic acids is 1. The lowest BCUT2D eigenvalue weighted by molar-refractivity contribution is -0.137. The highest BCUT2D eigenvalue weighted by Crippen LogP contribution is 2.21. The number of aromatic nitrogens is 1. The Labute approximate surface area is 138 Å². The van der Waals surface area contributed by atoms with Gasteiger partial charge in [0.05, 0.1) is 24.6 Å². The predicted molar refractivity (Wildman–Crippen MR) is 92.9 cm³/mol. The minimum atomic E-state index is -0.696. The predicted octanol–water partition coefficient (Wildman–Crippen LogP) is 2.62. The summed E-state index contributed by atoms with van der Waals surface area (Å²) in [5.74, 6) is 0.826. The zero-order valence-electron chi connectivity index (χ0n) is 14.6. The fourth-order valence-corrected chi connectivity index (χ4v) is 2.19. The lowest BCUT2D eigenvalue weighted by atomic mass is 10.1. The number of nitrogens with zero attached hydrogens (tertiary/aromatic N) is 2. The van der Waals surface area contributed by atoms with E-state index in [1.165, 1.54) is 0 Å². The molecule has 130 valence electrons. The molecule has 1 saturated heterocycles. The average molecular weight is 323 g/mol. The number of carbonyl (C=O) groups is 1. The number of aryl methyl sites for hydroxylation is 2. The Morgan fingerprint density at radius 3 is 2.43 bits per heavy atom. The first kappa shape index (κ1) is 19.2. The minimum absolute atomic E-state index is 0.303. The third-order valence-corrected chi connectivity index (χ3v) is 3.71. The minimum Gasteiger partial charge on any atom is -0.481 e. The van der Waals surface area contributed by atoms with Crippen LogP contribution in [0.3, 0.4) is 0 Å². The van der Waals surface area contributed by atoms with Gasteiger partial charge in [0.25, 0.3) is 0 Å². The van der Waals surface area contributed by atoms with Gasteiger partial charge < -0.3 is 20.5 Å². The van der Waals surface area contributed by atoms with Crippen LogP contribution >= 0.6 is 0 Å². The normalized spacial score (nSPS) is 14.4. The number of nitrogens with two attached hydrogens (primary N) is 1. The highest BCUT2D eigenvalue weighted by molar-refractivity contribution is 5.66. The first-order valence-corrected chi connectivity index (χ1v) is 8.09. The van der Waals surface area contributed by atoms with Crippen LogP contribution < -0.4 is 10.6 Å². The number of hydrogen-bond donors (Lipinski definition) is 2. The number of pyridine rings is 1. The summed E-state index contributed by atoms with van der Waals surface area (Å²) in [6.07, 6.45) is 1.09. The number of ether oxygens (including phenoxy) is 1. The molecule has 3 N–H and O–H groups in total. The topological polar surface area (TPSA) is 88.7 Å². The van der Waals surface area contributed by atoms with E-state index in [0.29, 0.717) is 12.3 Å². The second-order valence-corrected chi connectivity index (χ2v) is 6.22. The van der Waals surface area contributed by atoms with Crippen LogP contribution in [0, 0.1) is 19.8 Å². The van der Waals surface area contributed by atoms with E-state index in [1.807, 2.05) is 33.8 Å². The molecule has 1 fully saturated rings. The molecule has 6 nitrogen and oxygen atoms in total. The maximum Gasteiger partial charge on any atom is 0.303 e. The van der Waals surface area contributed by atoms with E-state index in [0.717, 1.165) is 55.5 Å². The summed E-state index contributed by atoms with van der Waals surface area (Å²) in [4.78, 5) is 16.6. The molecule has 1 aliphatic heterocycles. The van der Waals surface area contributed by atoms with Crippen LogP contribution in [0.5, 0.6) is 0 Å². The number of rotatable bonds is 4. The summed E-state index contributed by atoms with van der Waals surface area (Å²) in [5, 5.41) is 8.16. The molecule has 1 aliphatic rings. The van der Waals surface area contributed by atoms with E-state index in [1.54, 1.807) is 0 Å². The van der Waals surface area contributed by atoms with Gasteiger partial charge in [-0.15, -0.1) is 0 Å². The molecule has 0 saturated carbocycles. The third kappa shape index (κ3) is 6.86. The Hall–Kier alpha value is -1.82. The third-order valence-electron chi connectivity index (χ3n) is 3.71. The van der Waals surface area contributed by atoms with Crippen LogP contribution in [-0.4, -0.2) is 42.4 Å². The van der Waals surface area contributed by atoms with Crippen molar-refractivity contribution in [2.24, 2.45) is 5.92 Å². The van der Waals surface area contributed by atoms with Crippen LogP contribution in [0.15, 0.2) is 6.07 Å². The van der Waals surface area contributed by atoms with Gasteiger partial charge >= 0.3 is 5.97 Å². The van der Waals surface area contributed by atoms with E-state index in [4.69, 9.17) is 15.6 Å². The number of anilines is 2. The summed E-state index contributed by atoms with van der Waals surface area (Å²) < 4.78 is 5.31. The molecule has 2 heterocycles.